The molecule has 0 amide bonds. The first-order valence-corrected chi connectivity index (χ1v) is 22.6. The molecule has 0 radical (unpaired) electrons. The molecule has 6 unspecified atom stereocenters. The van der Waals surface area contributed by atoms with Gasteiger partial charge in [0.15, 0.2) is 5.75 Å². The third kappa shape index (κ3) is 4.19. The molecule has 6 atom stereocenters. The molecule has 6 aromatic rings. The lowest BCUT2D eigenvalue weighted by Gasteiger charge is -2.77. The Balaban J connectivity index is 1.05. The molecule has 2 nitrogen and oxygen atoms in total. The van der Waals surface area contributed by atoms with Crippen molar-refractivity contribution in [2.45, 2.75) is 102 Å². The summed E-state index contributed by atoms with van der Waals surface area (Å²) in [7, 11) is 0. The number of fused-ring (bicyclic) bond motifs is 11. The van der Waals surface area contributed by atoms with Gasteiger partial charge in [-0.05, 0) is 159 Å². The molecular weight excluding hydrogens is 715 g/mol. The van der Waals surface area contributed by atoms with Crippen molar-refractivity contribution in [3.63, 3.8) is 0 Å². The van der Waals surface area contributed by atoms with Gasteiger partial charge in [0, 0.05) is 33.3 Å². The molecular formula is C57H55NO. The molecule has 6 aliphatic carbocycles. The Labute approximate surface area is 350 Å². The van der Waals surface area contributed by atoms with E-state index in [1.807, 2.05) is 0 Å². The maximum absolute atomic E-state index is 7.55. The second-order valence-corrected chi connectivity index (χ2v) is 21.6. The summed E-state index contributed by atoms with van der Waals surface area (Å²) >= 11 is 0. The van der Waals surface area contributed by atoms with Gasteiger partial charge in [0.25, 0.3) is 0 Å². The van der Waals surface area contributed by atoms with Gasteiger partial charge in [-0.25, -0.2) is 0 Å². The predicted molar refractivity (Wildman–Crippen MR) is 242 cm³/mol. The first kappa shape index (κ1) is 34.8. The van der Waals surface area contributed by atoms with Crippen molar-refractivity contribution >= 4 is 17.1 Å². The van der Waals surface area contributed by atoms with Crippen molar-refractivity contribution in [3.8, 4) is 33.8 Å². The number of ether oxygens (including phenoxy) is 1. The topological polar surface area (TPSA) is 12.5 Å². The van der Waals surface area contributed by atoms with Gasteiger partial charge in [0.05, 0.1) is 5.69 Å². The van der Waals surface area contributed by atoms with Crippen molar-refractivity contribution in [2.24, 2.45) is 29.1 Å². The number of para-hydroxylation sites is 1. The van der Waals surface area contributed by atoms with Crippen LogP contribution in [0.2, 0.25) is 0 Å². The van der Waals surface area contributed by atoms with Crippen LogP contribution in [-0.2, 0) is 21.7 Å². The molecule has 1 aliphatic heterocycles. The zero-order valence-corrected chi connectivity index (χ0v) is 35.5. The Kier molecular flexibility index (Phi) is 6.59. The minimum Gasteiger partial charge on any atom is -0.454 e. The minimum absolute atomic E-state index is 0.0189. The molecule has 2 bridgehead atoms. The number of hydrogen-bond donors (Lipinski definition) is 0. The zero-order valence-electron chi connectivity index (χ0n) is 35.5. The number of benzene rings is 6. The first-order chi connectivity index (χ1) is 28.4. The van der Waals surface area contributed by atoms with Gasteiger partial charge in [-0.1, -0.05) is 133 Å². The molecule has 1 heterocycles. The van der Waals surface area contributed by atoms with E-state index in [4.69, 9.17) is 4.74 Å². The van der Waals surface area contributed by atoms with Gasteiger partial charge in [0.2, 0.25) is 0 Å². The molecule has 0 N–H and O–H groups in total. The van der Waals surface area contributed by atoms with Gasteiger partial charge < -0.3 is 9.64 Å². The maximum atomic E-state index is 7.55. The van der Waals surface area contributed by atoms with E-state index >= 15 is 0 Å². The fraction of sp³-hybridized carbons (Fsp3) is 0.368. The smallest absolute Gasteiger partial charge is 0.155 e. The fourth-order valence-corrected chi connectivity index (χ4v) is 15.1. The summed E-state index contributed by atoms with van der Waals surface area (Å²) in [5.41, 5.74) is 18.0. The Morgan fingerprint density at radius 1 is 0.525 bits per heavy atom. The molecule has 0 saturated heterocycles. The van der Waals surface area contributed by atoms with Crippen LogP contribution in [0.1, 0.15) is 113 Å². The molecule has 13 rings (SSSR count). The van der Waals surface area contributed by atoms with Crippen LogP contribution in [0.4, 0.5) is 17.1 Å². The van der Waals surface area contributed by atoms with Crippen LogP contribution in [0.15, 0.2) is 127 Å². The van der Waals surface area contributed by atoms with Crippen LogP contribution in [0.25, 0.3) is 22.3 Å². The summed E-state index contributed by atoms with van der Waals surface area (Å²) in [5, 5.41) is 0. The Bertz CT molecular complexity index is 2790. The highest BCUT2D eigenvalue weighted by atomic mass is 16.5. The van der Waals surface area contributed by atoms with E-state index in [0.29, 0.717) is 17.3 Å². The Morgan fingerprint density at radius 2 is 1.20 bits per heavy atom. The van der Waals surface area contributed by atoms with Crippen molar-refractivity contribution in [3.05, 3.63) is 161 Å². The second-order valence-electron chi connectivity index (χ2n) is 21.6. The van der Waals surface area contributed by atoms with Crippen LogP contribution >= 0.6 is 0 Å². The van der Waals surface area contributed by atoms with Crippen LogP contribution < -0.4 is 9.64 Å². The molecule has 294 valence electrons. The fourth-order valence-electron chi connectivity index (χ4n) is 15.1. The van der Waals surface area contributed by atoms with Crippen molar-refractivity contribution in [1.29, 1.82) is 0 Å². The Morgan fingerprint density at radius 3 is 2.02 bits per heavy atom. The van der Waals surface area contributed by atoms with Crippen molar-refractivity contribution < 1.29 is 4.74 Å². The maximum Gasteiger partial charge on any atom is 0.155 e. The van der Waals surface area contributed by atoms with E-state index in [1.165, 1.54) is 106 Å². The Hall–Kier alpha value is -5.08. The first-order valence-electron chi connectivity index (χ1n) is 22.6. The van der Waals surface area contributed by atoms with Crippen LogP contribution in [0.3, 0.4) is 0 Å². The van der Waals surface area contributed by atoms with E-state index in [2.05, 4.69) is 174 Å². The number of hydrogen-bond acceptors (Lipinski definition) is 2. The van der Waals surface area contributed by atoms with E-state index in [9.17, 15) is 0 Å². The van der Waals surface area contributed by atoms with Gasteiger partial charge in [-0.2, -0.15) is 0 Å². The van der Waals surface area contributed by atoms with E-state index in [0.717, 1.165) is 29.0 Å². The highest BCUT2D eigenvalue weighted by Crippen LogP contribution is 2.89. The monoisotopic (exact) mass is 769 g/mol. The highest BCUT2D eigenvalue weighted by Gasteiger charge is 2.84. The second kappa shape index (κ2) is 11.2. The largest absolute Gasteiger partial charge is 0.454 e. The van der Waals surface area contributed by atoms with Gasteiger partial charge in [-0.3, -0.25) is 0 Å². The summed E-state index contributed by atoms with van der Waals surface area (Å²) in [5.74, 6) is 5.28. The van der Waals surface area contributed by atoms with Gasteiger partial charge in [0.1, 0.15) is 5.75 Å². The number of anilines is 3. The van der Waals surface area contributed by atoms with Crippen LogP contribution in [0.5, 0.6) is 11.5 Å². The van der Waals surface area contributed by atoms with Gasteiger partial charge >= 0.3 is 0 Å². The normalized spacial score (nSPS) is 29.5. The summed E-state index contributed by atoms with van der Waals surface area (Å²) < 4.78 is 7.55. The molecule has 4 saturated carbocycles. The van der Waals surface area contributed by atoms with Crippen molar-refractivity contribution in [1.82, 2.24) is 0 Å². The standard InChI is InChI=1S/C57H55NO/c1-53(2)25-26-54(3,4)47-32-39(21-24-43(47)53)58(38-20-22-41-40-15-10-11-16-42(40)55(5,6)46(41)31-38)48-18-12-17-45-52(48)59-49-29-36(35-13-8-7-9-14-35)19-23-44(49)57(45)50-28-34-27-37-30-51(57)56(37,50)33-34/h7-24,29,31-32,34,37,50-51H,25-28,30,33H2,1-6H3. The van der Waals surface area contributed by atoms with Crippen LogP contribution in [-0.4, -0.2) is 0 Å². The summed E-state index contributed by atoms with van der Waals surface area (Å²) in [4.78, 5) is 2.58. The SMILES string of the molecule is CC1(C)CCC(C)(C)c2cc(N(c3ccc4c(c3)C(C)(C)c3ccccc3-4)c3cccc4c3Oc3cc(-c5ccccc5)ccc3C43C4CC5CC6CC3C64C5)ccc21. The number of nitrogens with zero attached hydrogens (tertiary/aromatic N) is 1. The molecule has 7 aliphatic rings. The molecule has 4 fully saturated rings. The van der Waals surface area contributed by atoms with Crippen molar-refractivity contribution in [2.75, 3.05) is 4.90 Å². The molecule has 2 spiro atoms. The summed E-state index contributed by atoms with van der Waals surface area (Å²) in [6.45, 7) is 14.6. The molecule has 59 heavy (non-hydrogen) atoms. The average Bonchev–Trinajstić information content (AvgIpc) is 3.85. The lowest BCUT2D eigenvalue weighted by molar-refractivity contribution is -0.235. The molecule has 6 aromatic carbocycles. The third-order valence-electron chi connectivity index (χ3n) is 17.9. The molecule has 2 heteroatoms. The predicted octanol–water partition coefficient (Wildman–Crippen LogP) is 14.9. The minimum atomic E-state index is -0.109. The summed E-state index contributed by atoms with van der Waals surface area (Å²) in [6.07, 6.45) is 8.01. The average molecular weight is 770 g/mol. The van der Waals surface area contributed by atoms with Gasteiger partial charge in [-0.15, -0.1) is 0 Å². The zero-order chi connectivity index (χ0) is 39.8. The number of rotatable bonds is 4. The van der Waals surface area contributed by atoms with E-state index in [-0.39, 0.29) is 21.7 Å². The molecule has 0 aromatic heterocycles. The highest BCUT2D eigenvalue weighted by molar-refractivity contribution is 5.88. The summed E-state index contributed by atoms with van der Waals surface area (Å²) in [6, 6.07) is 49.1. The third-order valence-corrected chi connectivity index (χ3v) is 17.9. The van der Waals surface area contributed by atoms with E-state index < -0.39 is 0 Å². The lowest BCUT2D eigenvalue weighted by atomic mass is 9.26. The lowest BCUT2D eigenvalue weighted by Crippen LogP contribution is -2.74. The van der Waals surface area contributed by atoms with E-state index in [1.54, 1.807) is 0 Å². The quantitative estimate of drug-likeness (QED) is 0.177. The van der Waals surface area contributed by atoms with Crippen LogP contribution in [0, 0.1) is 29.1 Å².